The molecule has 0 amide bonds. The number of thiophene rings is 1. The van der Waals surface area contributed by atoms with Crippen LogP contribution in [-0.4, -0.2) is 27.1 Å². The van der Waals surface area contributed by atoms with E-state index in [4.69, 9.17) is 14.2 Å². The van der Waals surface area contributed by atoms with Gasteiger partial charge in [0.15, 0.2) is 6.29 Å². The van der Waals surface area contributed by atoms with Crippen molar-refractivity contribution < 1.29 is 14.2 Å². The summed E-state index contributed by atoms with van der Waals surface area (Å²) in [7, 11) is 3.26. The van der Waals surface area contributed by atoms with Crippen LogP contribution < -0.4 is 4.74 Å². The smallest absolute Gasteiger partial charge is 0.160 e. The van der Waals surface area contributed by atoms with Crippen molar-refractivity contribution in [2.24, 2.45) is 0 Å². The summed E-state index contributed by atoms with van der Waals surface area (Å²) in [5.41, 5.74) is 2.40. The molecular weight excluding hydrogens is 260 g/mol. The van der Waals surface area contributed by atoms with Gasteiger partial charge in [0.2, 0.25) is 0 Å². The number of methoxy groups -OCH3 is 2. The van der Waals surface area contributed by atoms with E-state index in [1.165, 1.54) is 11.1 Å². The van der Waals surface area contributed by atoms with Crippen molar-refractivity contribution in [1.29, 1.82) is 0 Å². The monoisotopic (exact) mass is 278 g/mol. The molecule has 2 rings (SSSR count). The maximum Gasteiger partial charge on any atom is 0.160 e. The molecule has 2 aromatic rings. The zero-order valence-corrected chi connectivity index (χ0v) is 12.0. The standard InChI is InChI=1S/C15H18O3S/c1-16-15(17-2)6-8-18-14-5-3-4-12(10-14)13-7-9-19-11-13/h3-5,7,9-11,15H,6,8H2,1-2H3. The molecule has 0 radical (unpaired) electrons. The van der Waals surface area contributed by atoms with Crippen LogP contribution in [0.25, 0.3) is 11.1 Å². The fourth-order valence-corrected chi connectivity index (χ4v) is 2.46. The van der Waals surface area contributed by atoms with E-state index in [9.17, 15) is 0 Å². The SMILES string of the molecule is COC(CCOc1cccc(-c2ccsc2)c1)OC. The predicted octanol–water partition coefficient (Wildman–Crippen LogP) is 3.80. The molecule has 0 aliphatic rings. The van der Waals surface area contributed by atoms with Gasteiger partial charge in [-0.05, 0) is 40.1 Å². The third-order valence-corrected chi connectivity index (χ3v) is 3.52. The van der Waals surface area contributed by atoms with Crippen molar-refractivity contribution in [3.05, 3.63) is 41.1 Å². The second-order valence-electron chi connectivity index (χ2n) is 4.08. The first-order valence-electron chi connectivity index (χ1n) is 6.14. The molecule has 1 aromatic carbocycles. The Morgan fingerprint density at radius 2 is 1.95 bits per heavy atom. The van der Waals surface area contributed by atoms with Crippen molar-refractivity contribution in [1.82, 2.24) is 0 Å². The Morgan fingerprint density at radius 1 is 1.11 bits per heavy atom. The molecule has 0 N–H and O–H groups in total. The molecule has 1 heterocycles. The highest BCUT2D eigenvalue weighted by molar-refractivity contribution is 7.08. The molecule has 3 nitrogen and oxygen atoms in total. The largest absolute Gasteiger partial charge is 0.493 e. The van der Waals surface area contributed by atoms with E-state index in [-0.39, 0.29) is 6.29 Å². The molecule has 1 aromatic heterocycles. The quantitative estimate of drug-likeness (QED) is 0.721. The lowest BCUT2D eigenvalue weighted by atomic mass is 10.1. The van der Waals surface area contributed by atoms with E-state index in [0.717, 1.165) is 5.75 Å². The maximum absolute atomic E-state index is 5.72. The molecule has 0 aliphatic carbocycles. The summed E-state index contributed by atoms with van der Waals surface area (Å²) in [6, 6.07) is 10.2. The van der Waals surface area contributed by atoms with Gasteiger partial charge >= 0.3 is 0 Å². The third kappa shape index (κ3) is 4.06. The molecule has 0 aliphatic heterocycles. The van der Waals surface area contributed by atoms with Gasteiger partial charge in [0, 0.05) is 20.6 Å². The highest BCUT2D eigenvalue weighted by atomic mass is 32.1. The molecule has 4 heteroatoms. The number of hydrogen-bond donors (Lipinski definition) is 0. The molecule has 102 valence electrons. The number of ether oxygens (including phenoxy) is 3. The van der Waals surface area contributed by atoms with E-state index in [1.54, 1.807) is 25.6 Å². The second kappa shape index (κ2) is 7.28. The first-order chi connectivity index (χ1) is 9.33. The van der Waals surface area contributed by atoms with E-state index >= 15 is 0 Å². The molecule has 0 bridgehead atoms. The van der Waals surface area contributed by atoms with E-state index < -0.39 is 0 Å². The van der Waals surface area contributed by atoms with Crippen molar-refractivity contribution >= 4 is 11.3 Å². The Bertz CT molecular complexity index is 478. The van der Waals surface area contributed by atoms with Crippen LogP contribution >= 0.6 is 11.3 Å². The molecule has 0 atom stereocenters. The van der Waals surface area contributed by atoms with Crippen molar-refractivity contribution in [3.63, 3.8) is 0 Å². The number of benzene rings is 1. The van der Waals surface area contributed by atoms with Gasteiger partial charge in [0.05, 0.1) is 6.61 Å². The summed E-state index contributed by atoms with van der Waals surface area (Å²) in [5.74, 6) is 0.870. The van der Waals surface area contributed by atoms with Crippen LogP contribution in [0.5, 0.6) is 5.75 Å². The van der Waals surface area contributed by atoms with Crippen LogP contribution in [-0.2, 0) is 9.47 Å². The van der Waals surface area contributed by atoms with Crippen LogP contribution in [0, 0.1) is 0 Å². The van der Waals surface area contributed by atoms with Crippen LogP contribution in [0.4, 0.5) is 0 Å². The van der Waals surface area contributed by atoms with Gasteiger partial charge < -0.3 is 14.2 Å². The van der Waals surface area contributed by atoms with Gasteiger partial charge in [-0.3, -0.25) is 0 Å². The van der Waals surface area contributed by atoms with Crippen molar-refractivity contribution in [3.8, 4) is 16.9 Å². The van der Waals surface area contributed by atoms with Gasteiger partial charge in [0.1, 0.15) is 5.75 Å². The molecule has 0 saturated carbocycles. The third-order valence-electron chi connectivity index (χ3n) is 2.84. The fourth-order valence-electron chi connectivity index (χ4n) is 1.80. The minimum Gasteiger partial charge on any atom is -0.493 e. The second-order valence-corrected chi connectivity index (χ2v) is 4.86. The topological polar surface area (TPSA) is 27.7 Å². The van der Waals surface area contributed by atoms with Gasteiger partial charge in [-0.15, -0.1) is 0 Å². The van der Waals surface area contributed by atoms with E-state index in [1.807, 2.05) is 12.1 Å². The highest BCUT2D eigenvalue weighted by Crippen LogP contribution is 2.25. The minimum absolute atomic E-state index is 0.208. The summed E-state index contributed by atoms with van der Waals surface area (Å²) in [6.07, 6.45) is 0.496. The summed E-state index contributed by atoms with van der Waals surface area (Å²) in [4.78, 5) is 0. The lowest BCUT2D eigenvalue weighted by Crippen LogP contribution is -2.16. The van der Waals surface area contributed by atoms with E-state index in [0.29, 0.717) is 13.0 Å². The molecule has 19 heavy (non-hydrogen) atoms. The molecule has 0 saturated heterocycles. The number of hydrogen-bond acceptors (Lipinski definition) is 4. The Hall–Kier alpha value is -1.36. The predicted molar refractivity (Wildman–Crippen MR) is 77.7 cm³/mol. The minimum atomic E-state index is -0.208. The fraction of sp³-hybridized carbons (Fsp3) is 0.333. The Labute approximate surface area is 117 Å². The molecule has 0 fully saturated rings. The lowest BCUT2D eigenvalue weighted by Gasteiger charge is -2.14. The zero-order valence-electron chi connectivity index (χ0n) is 11.2. The first-order valence-corrected chi connectivity index (χ1v) is 7.09. The summed E-state index contributed by atoms with van der Waals surface area (Å²) >= 11 is 1.69. The van der Waals surface area contributed by atoms with Crippen LogP contribution in [0.2, 0.25) is 0 Å². The Balaban J connectivity index is 1.93. The van der Waals surface area contributed by atoms with Gasteiger partial charge in [-0.2, -0.15) is 11.3 Å². The van der Waals surface area contributed by atoms with Crippen molar-refractivity contribution in [2.45, 2.75) is 12.7 Å². The average molecular weight is 278 g/mol. The molecule has 0 unspecified atom stereocenters. The number of rotatable bonds is 7. The molecule has 0 spiro atoms. The average Bonchev–Trinajstić information content (AvgIpc) is 2.98. The summed E-state index contributed by atoms with van der Waals surface area (Å²) in [6.45, 7) is 0.569. The Morgan fingerprint density at radius 3 is 2.63 bits per heavy atom. The zero-order chi connectivity index (χ0) is 13.5. The molecular formula is C15H18O3S. The van der Waals surface area contributed by atoms with E-state index in [2.05, 4.69) is 29.0 Å². The van der Waals surface area contributed by atoms with Gasteiger partial charge in [-0.1, -0.05) is 12.1 Å². The highest BCUT2D eigenvalue weighted by Gasteiger charge is 2.05. The summed E-state index contributed by atoms with van der Waals surface area (Å²) < 4.78 is 16.0. The van der Waals surface area contributed by atoms with Gasteiger partial charge in [-0.25, -0.2) is 0 Å². The normalized spacial score (nSPS) is 10.9. The van der Waals surface area contributed by atoms with Crippen LogP contribution in [0.3, 0.4) is 0 Å². The lowest BCUT2D eigenvalue weighted by molar-refractivity contribution is -0.110. The Kier molecular flexibility index (Phi) is 5.39. The van der Waals surface area contributed by atoms with Gasteiger partial charge in [0.25, 0.3) is 0 Å². The van der Waals surface area contributed by atoms with Crippen LogP contribution in [0.1, 0.15) is 6.42 Å². The summed E-state index contributed by atoms with van der Waals surface area (Å²) in [5, 5.41) is 4.20. The van der Waals surface area contributed by atoms with Crippen molar-refractivity contribution in [2.75, 3.05) is 20.8 Å². The maximum atomic E-state index is 5.72. The van der Waals surface area contributed by atoms with Crippen LogP contribution in [0.15, 0.2) is 41.1 Å². The first kappa shape index (κ1) is 14.1.